The fourth-order valence-corrected chi connectivity index (χ4v) is 4.16. The second-order valence-electron chi connectivity index (χ2n) is 6.37. The normalized spacial score (nSPS) is 10.4. The third-order valence-electron chi connectivity index (χ3n) is 4.49. The Morgan fingerprint density at radius 1 is 1.03 bits per heavy atom. The van der Waals surface area contributed by atoms with E-state index in [2.05, 4.69) is 5.32 Å². The summed E-state index contributed by atoms with van der Waals surface area (Å²) in [6.45, 7) is 4.40. The van der Waals surface area contributed by atoms with Gasteiger partial charge in [0.05, 0.1) is 20.8 Å². The van der Waals surface area contributed by atoms with E-state index in [0.29, 0.717) is 28.5 Å². The Morgan fingerprint density at radius 2 is 1.77 bits per heavy atom. The van der Waals surface area contributed by atoms with Crippen LogP contribution in [0.2, 0.25) is 0 Å². The highest BCUT2D eigenvalue weighted by Crippen LogP contribution is 2.41. The van der Waals surface area contributed by atoms with Gasteiger partial charge < -0.3 is 19.5 Å². The Hall–Kier alpha value is -3.32. The lowest BCUT2D eigenvalue weighted by Crippen LogP contribution is -2.14. The van der Waals surface area contributed by atoms with Crippen LogP contribution in [0.4, 0.5) is 5.00 Å². The van der Waals surface area contributed by atoms with Crippen molar-refractivity contribution < 1.29 is 23.8 Å². The van der Waals surface area contributed by atoms with Gasteiger partial charge >= 0.3 is 5.97 Å². The number of carbonyl (C=O) groups is 2. The van der Waals surface area contributed by atoms with Crippen molar-refractivity contribution in [3.05, 3.63) is 64.5 Å². The molecule has 3 rings (SSSR count). The number of benzene rings is 2. The maximum Gasteiger partial charge on any atom is 0.341 e. The Kier molecular flexibility index (Phi) is 6.74. The Labute approximate surface area is 179 Å². The number of thiophene rings is 1. The van der Waals surface area contributed by atoms with Gasteiger partial charge in [0.1, 0.15) is 22.1 Å². The molecule has 156 valence electrons. The minimum absolute atomic E-state index is 0.334. The number of hydrogen-bond donors (Lipinski definition) is 1. The lowest BCUT2D eigenvalue weighted by molar-refractivity contribution is 0.0603. The van der Waals surface area contributed by atoms with Gasteiger partial charge in [-0.25, -0.2) is 4.79 Å². The van der Waals surface area contributed by atoms with Gasteiger partial charge in [0.2, 0.25) is 0 Å². The van der Waals surface area contributed by atoms with Crippen molar-refractivity contribution in [2.45, 2.75) is 13.8 Å². The summed E-state index contributed by atoms with van der Waals surface area (Å²) in [5.41, 5.74) is 2.34. The van der Waals surface area contributed by atoms with Gasteiger partial charge in [0, 0.05) is 16.0 Å². The highest BCUT2D eigenvalue weighted by atomic mass is 32.1. The van der Waals surface area contributed by atoms with E-state index in [1.807, 2.05) is 38.1 Å². The fourth-order valence-electron chi connectivity index (χ4n) is 3.10. The lowest BCUT2D eigenvalue weighted by atomic mass is 10.0. The van der Waals surface area contributed by atoms with Crippen LogP contribution in [-0.4, -0.2) is 32.7 Å². The largest absolute Gasteiger partial charge is 0.497 e. The van der Waals surface area contributed by atoms with Crippen LogP contribution in [0.25, 0.3) is 11.1 Å². The first-order chi connectivity index (χ1) is 14.5. The number of rotatable bonds is 7. The molecule has 0 spiro atoms. The van der Waals surface area contributed by atoms with Gasteiger partial charge in [-0.15, -0.1) is 11.3 Å². The molecule has 7 heteroatoms. The zero-order valence-electron chi connectivity index (χ0n) is 17.3. The second-order valence-corrected chi connectivity index (χ2v) is 7.60. The van der Waals surface area contributed by atoms with Crippen LogP contribution in [0.5, 0.6) is 11.5 Å². The smallest absolute Gasteiger partial charge is 0.341 e. The molecule has 0 saturated carbocycles. The first-order valence-corrected chi connectivity index (χ1v) is 10.2. The molecule has 3 aromatic rings. The van der Waals surface area contributed by atoms with Crippen LogP contribution in [-0.2, 0) is 4.74 Å². The molecule has 0 aliphatic carbocycles. The van der Waals surface area contributed by atoms with Crippen molar-refractivity contribution in [2.75, 3.05) is 26.1 Å². The quantitative estimate of drug-likeness (QED) is 0.529. The molecular weight excluding hydrogens is 402 g/mol. The zero-order valence-corrected chi connectivity index (χ0v) is 18.1. The molecule has 0 saturated heterocycles. The molecule has 2 aromatic carbocycles. The molecule has 0 radical (unpaired) electrons. The standard InChI is InChI=1S/C23H23NO5S/c1-5-29-17-11-9-15(10-12-17)19-14(2)30-22(20(19)23(26)28-4)24-21(25)16-7-6-8-18(13-16)27-3/h6-13H,5H2,1-4H3,(H,24,25). The predicted octanol–water partition coefficient (Wildman–Crippen LogP) is 5.17. The van der Waals surface area contributed by atoms with E-state index in [4.69, 9.17) is 14.2 Å². The van der Waals surface area contributed by atoms with Gasteiger partial charge in [-0.05, 0) is 49.7 Å². The van der Waals surface area contributed by atoms with Crippen molar-refractivity contribution in [3.63, 3.8) is 0 Å². The molecule has 1 heterocycles. The summed E-state index contributed by atoms with van der Waals surface area (Å²) in [5, 5.41) is 3.30. The molecule has 0 fully saturated rings. The van der Waals surface area contributed by atoms with E-state index >= 15 is 0 Å². The molecule has 1 amide bonds. The minimum Gasteiger partial charge on any atom is -0.497 e. The number of esters is 1. The molecule has 30 heavy (non-hydrogen) atoms. The van der Waals surface area contributed by atoms with Crippen molar-refractivity contribution in [2.24, 2.45) is 0 Å². The fraction of sp³-hybridized carbons (Fsp3) is 0.217. The number of carbonyl (C=O) groups excluding carboxylic acids is 2. The molecule has 0 bridgehead atoms. The monoisotopic (exact) mass is 425 g/mol. The van der Waals surface area contributed by atoms with Gasteiger partial charge in [0.15, 0.2) is 0 Å². The first kappa shape index (κ1) is 21.4. The van der Waals surface area contributed by atoms with E-state index in [-0.39, 0.29) is 5.91 Å². The Balaban J connectivity index is 2.00. The molecule has 0 aliphatic heterocycles. The van der Waals surface area contributed by atoms with Crippen molar-refractivity contribution in [1.29, 1.82) is 0 Å². The van der Waals surface area contributed by atoms with E-state index in [0.717, 1.165) is 21.8 Å². The summed E-state index contributed by atoms with van der Waals surface area (Å²) in [4.78, 5) is 26.3. The van der Waals surface area contributed by atoms with Crippen molar-refractivity contribution in [1.82, 2.24) is 0 Å². The van der Waals surface area contributed by atoms with Crippen molar-refractivity contribution in [3.8, 4) is 22.6 Å². The Morgan fingerprint density at radius 3 is 2.40 bits per heavy atom. The van der Waals surface area contributed by atoms with E-state index in [1.54, 1.807) is 24.3 Å². The number of nitrogens with one attached hydrogen (secondary N) is 1. The average molecular weight is 426 g/mol. The average Bonchev–Trinajstić information content (AvgIpc) is 3.09. The lowest BCUT2D eigenvalue weighted by Gasteiger charge is -2.09. The molecule has 1 N–H and O–H groups in total. The van der Waals surface area contributed by atoms with Crippen LogP contribution < -0.4 is 14.8 Å². The minimum atomic E-state index is -0.510. The molecule has 1 aromatic heterocycles. The summed E-state index contributed by atoms with van der Waals surface area (Å²) in [6.07, 6.45) is 0. The second kappa shape index (κ2) is 9.45. The van der Waals surface area contributed by atoms with E-state index in [9.17, 15) is 9.59 Å². The number of methoxy groups -OCH3 is 2. The van der Waals surface area contributed by atoms with Crippen molar-refractivity contribution >= 4 is 28.2 Å². The van der Waals surface area contributed by atoms with Gasteiger partial charge in [-0.3, -0.25) is 4.79 Å². The molecule has 6 nitrogen and oxygen atoms in total. The first-order valence-electron chi connectivity index (χ1n) is 9.38. The third kappa shape index (κ3) is 4.46. The predicted molar refractivity (Wildman–Crippen MR) is 118 cm³/mol. The highest BCUT2D eigenvalue weighted by Gasteiger charge is 2.25. The van der Waals surface area contributed by atoms with Gasteiger partial charge in [-0.2, -0.15) is 0 Å². The van der Waals surface area contributed by atoms with Gasteiger partial charge in [0.25, 0.3) is 5.91 Å². The number of amides is 1. The number of ether oxygens (including phenoxy) is 3. The summed E-state index contributed by atoms with van der Waals surface area (Å²) >= 11 is 1.33. The SMILES string of the molecule is CCOc1ccc(-c2c(C)sc(NC(=O)c3cccc(OC)c3)c2C(=O)OC)cc1. The van der Waals surface area contributed by atoms with Crippen LogP contribution in [0.15, 0.2) is 48.5 Å². The number of anilines is 1. The summed E-state index contributed by atoms with van der Waals surface area (Å²) in [6, 6.07) is 14.3. The maximum absolute atomic E-state index is 12.8. The van der Waals surface area contributed by atoms with Crippen LogP contribution >= 0.6 is 11.3 Å². The molecule has 0 aliphatic rings. The molecule has 0 atom stereocenters. The van der Waals surface area contributed by atoms with Crippen LogP contribution in [0.1, 0.15) is 32.5 Å². The molecular formula is C23H23NO5S. The highest BCUT2D eigenvalue weighted by molar-refractivity contribution is 7.17. The third-order valence-corrected chi connectivity index (χ3v) is 5.51. The maximum atomic E-state index is 12.8. The number of hydrogen-bond acceptors (Lipinski definition) is 6. The van der Waals surface area contributed by atoms with Gasteiger partial charge in [-0.1, -0.05) is 18.2 Å². The van der Waals surface area contributed by atoms with E-state index in [1.165, 1.54) is 25.6 Å². The Bertz CT molecular complexity index is 1060. The summed E-state index contributed by atoms with van der Waals surface area (Å²) < 4.78 is 15.7. The zero-order chi connectivity index (χ0) is 21.7. The topological polar surface area (TPSA) is 73.9 Å². The summed E-state index contributed by atoms with van der Waals surface area (Å²) in [5.74, 6) is 0.483. The van der Waals surface area contributed by atoms with Crippen LogP contribution in [0.3, 0.4) is 0 Å². The van der Waals surface area contributed by atoms with Crippen LogP contribution in [0, 0.1) is 6.92 Å². The number of aryl methyl sites for hydroxylation is 1. The molecule has 0 unspecified atom stereocenters. The van der Waals surface area contributed by atoms with E-state index < -0.39 is 5.97 Å². The summed E-state index contributed by atoms with van der Waals surface area (Å²) in [7, 11) is 2.86.